The number of allylic oxidation sites excluding steroid dienone is 4. The van der Waals surface area contributed by atoms with Crippen LogP contribution in [-0.2, 0) is 47.5 Å². The lowest BCUT2D eigenvalue weighted by atomic mass is 9.55. The summed E-state index contributed by atoms with van der Waals surface area (Å²) >= 11 is 6.30. The number of carboxylic acid groups (broad SMARTS) is 1. The molecule has 1 aromatic carbocycles. The summed E-state index contributed by atoms with van der Waals surface area (Å²) in [5, 5.41) is 44.6. The number of carboxylic acids is 1. The van der Waals surface area contributed by atoms with Crippen LogP contribution < -0.4 is 4.74 Å². The van der Waals surface area contributed by atoms with Gasteiger partial charge in [0.05, 0.1) is 42.9 Å². The average Bonchev–Trinajstić information content (AvgIpc) is 3.28. The van der Waals surface area contributed by atoms with Crippen LogP contribution in [0.3, 0.4) is 0 Å². The fourth-order valence-corrected chi connectivity index (χ4v) is 11.8. The number of hydrogen-bond donors (Lipinski definition) is 4. The number of esters is 3. The van der Waals surface area contributed by atoms with E-state index < -0.39 is 120 Å². The summed E-state index contributed by atoms with van der Waals surface area (Å²) in [6.45, 7) is 8.58. The van der Waals surface area contributed by atoms with Crippen LogP contribution in [0.25, 0.3) is 0 Å². The number of rotatable bonds is 8. The molecule has 0 radical (unpaired) electrons. The molecule has 1 saturated carbocycles. The lowest BCUT2D eigenvalue weighted by Gasteiger charge is -2.51. The second kappa shape index (κ2) is 20.0. The highest BCUT2D eigenvalue weighted by molar-refractivity contribution is 6.32. The third kappa shape index (κ3) is 9.43. The van der Waals surface area contributed by atoms with E-state index in [1.807, 2.05) is 19.1 Å². The molecular weight excluding hydrogens is 892 g/mol. The largest absolute Gasteiger partial charge is 0.508 e. The number of aliphatic hydroxyl groups is 3. The lowest BCUT2D eigenvalue weighted by Crippen LogP contribution is -2.56. The van der Waals surface area contributed by atoms with E-state index in [1.54, 1.807) is 45.9 Å². The molecule has 4 heterocycles. The van der Waals surface area contributed by atoms with Crippen molar-refractivity contribution in [1.82, 2.24) is 0 Å². The van der Waals surface area contributed by atoms with E-state index in [1.165, 1.54) is 7.11 Å². The molecule has 67 heavy (non-hydrogen) atoms. The normalized spacial score (nSPS) is 40.0. The molecule has 4 aliphatic heterocycles. The molecule has 3 aliphatic carbocycles. The number of methoxy groups -OCH3 is 1. The van der Waals surface area contributed by atoms with Crippen molar-refractivity contribution in [2.45, 2.75) is 154 Å². The number of carbonyl (C=O) groups excluding carboxylic acids is 3. The van der Waals surface area contributed by atoms with Gasteiger partial charge in [0.1, 0.15) is 35.7 Å². The second-order valence-electron chi connectivity index (χ2n) is 19.4. The summed E-state index contributed by atoms with van der Waals surface area (Å²) < 4.78 is 48.3. The SMILES string of the molecule is COc1ccc(Cl)c(C)c1C(=O)O[C@@H]1C[C@@H](O[C@H]2[C@H](O)C[C@H](OC3CCCC4C3C=CC3CCCCC=CC5C=C(C(=O)O)C(C)C6OC(=O)C(=C(O)C56)OC(=O)C34C)O[C@@H]2C)O[C@H](C)[C@H]1O. The summed E-state index contributed by atoms with van der Waals surface area (Å²) in [5.41, 5.74) is -0.444. The third-order valence-corrected chi connectivity index (χ3v) is 15.9. The quantitative estimate of drug-likeness (QED) is 0.119. The van der Waals surface area contributed by atoms with Crippen molar-refractivity contribution in [3.63, 3.8) is 0 Å². The molecule has 1 aromatic rings. The van der Waals surface area contributed by atoms with Crippen LogP contribution in [0.15, 0.2) is 59.6 Å². The van der Waals surface area contributed by atoms with Crippen molar-refractivity contribution in [3.05, 3.63) is 75.8 Å². The van der Waals surface area contributed by atoms with Gasteiger partial charge in [0.15, 0.2) is 18.3 Å². The minimum atomic E-state index is -1.17. The van der Waals surface area contributed by atoms with Crippen molar-refractivity contribution in [2.24, 2.45) is 40.9 Å². The Morgan fingerprint density at radius 1 is 0.910 bits per heavy atom. The minimum Gasteiger partial charge on any atom is -0.508 e. The Kier molecular flexibility index (Phi) is 14.7. The number of hydrogen-bond acceptors (Lipinski definition) is 15. The Bertz CT molecular complexity index is 2190. The molecule has 8 rings (SSSR count). The highest BCUT2D eigenvalue weighted by Crippen LogP contribution is 2.55. The van der Waals surface area contributed by atoms with Gasteiger partial charge in [-0.3, -0.25) is 4.79 Å². The van der Waals surface area contributed by atoms with Gasteiger partial charge in [-0.1, -0.05) is 61.7 Å². The van der Waals surface area contributed by atoms with E-state index in [-0.39, 0.29) is 47.5 Å². The number of aliphatic hydroxyl groups excluding tert-OH is 3. The first-order valence-corrected chi connectivity index (χ1v) is 24.0. The molecule has 0 spiro atoms. The molecule has 0 amide bonds. The zero-order valence-corrected chi connectivity index (χ0v) is 39.5. The van der Waals surface area contributed by atoms with Crippen LogP contribution in [0.4, 0.5) is 0 Å². The zero-order valence-electron chi connectivity index (χ0n) is 38.7. The highest BCUT2D eigenvalue weighted by Gasteiger charge is 2.57. The first-order valence-electron chi connectivity index (χ1n) is 23.6. The van der Waals surface area contributed by atoms with Crippen LogP contribution in [0.1, 0.15) is 101 Å². The van der Waals surface area contributed by atoms with Crippen LogP contribution in [-0.4, -0.2) is 113 Å². The van der Waals surface area contributed by atoms with Gasteiger partial charge in [-0.05, 0) is 89.3 Å². The van der Waals surface area contributed by atoms with Crippen molar-refractivity contribution in [1.29, 1.82) is 0 Å². The number of fused-ring (bicyclic) bond motifs is 3. The topological polar surface area (TPSA) is 223 Å². The first kappa shape index (κ1) is 49.1. The van der Waals surface area contributed by atoms with Crippen molar-refractivity contribution in [2.75, 3.05) is 7.11 Å². The van der Waals surface area contributed by atoms with E-state index in [0.717, 1.165) is 12.8 Å². The van der Waals surface area contributed by atoms with Crippen molar-refractivity contribution >= 4 is 35.5 Å². The lowest BCUT2D eigenvalue weighted by molar-refractivity contribution is -0.318. The molecule has 0 aromatic heterocycles. The summed E-state index contributed by atoms with van der Waals surface area (Å²) in [6, 6.07) is 3.18. The number of aliphatic carboxylic acids is 1. The third-order valence-electron chi connectivity index (χ3n) is 15.5. The summed E-state index contributed by atoms with van der Waals surface area (Å²) in [7, 11) is 1.43. The van der Waals surface area contributed by atoms with Gasteiger partial charge in [-0.25, -0.2) is 14.4 Å². The molecule has 366 valence electrons. The fourth-order valence-electron chi connectivity index (χ4n) is 11.6. The van der Waals surface area contributed by atoms with Crippen molar-refractivity contribution < 1.29 is 77.5 Å². The predicted molar refractivity (Wildman–Crippen MR) is 238 cm³/mol. The van der Waals surface area contributed by atoms with Gasteiger partial charge < -0.3 is 58.3 Å². The maximum Gasteiger partial charge on any atom is 0.378 e. The standard InChI is InChI=1S/C50H63ClO16/c1-23-30(46(55)56)20-27-12-9-7-8-10-13-28-16-17-29-31(50(28,5)49(59)67-45-42(54)40(27)43(23)66-48(45)58)14-11-15-34(29)63-37-21-33(52)44(26(4)62-37)65-38-22-36(41(53)25(3)61-38)64-47(57)39-24(2)32(51)18-19-35(39)60-6/h9,12,16-20,23,25-29,31,33-34,36-38,40-41,43-44,52-54H,7-8,10-11,13-15,21-22H2,1-6H3,(H,55,56)/t23?,25-,26-,27?,28?,29?,31?,33-,34?,36-,37+,38-,40?,41-,43?,44-,50?/m1/s1. The van der Waals surface area contributed by atoms with Crippen LogP contribution >= 0.6 is 11.6 Å². The van der Waals surface area contributed by atoms with Gasteiger partial charge in [0.25, 0.3) is 5.76 Å². The van der Waals surface area contributed by atoms with E-state index in [4.69, 9.17) is 49.5 Å². The maximum absolute atomic E-state index is 14.8. The fraction of sp³-hybridized carbons (Fsp3) is 0.640. The van der Waals surface area contributed by atoms with Crippen LogP contribution in [0.5, 0.6) is 5.75 Å². The molecule has 7 aliphatic rings. The number of benzene rings is 1. The summed E-state index contributed by atoms with van der Waals surface area (Å²) in [6.07, 6.45) is 5.83. The molecular formula is C50H63ClO16. The maximum atomic E-state index is 14.8. The van der Waals surface area contributed by atoms with E-state index in [0.29, 0.717) is 42.7 Å². The van der Waals surface area contributed by atoms with E-state index >= 15 is 0 Å². The van der Waals surface area contributed by atoms with Crippen molar-refractivity contribution in [3.8, 4) is 5.75 Å². The van der Waals surface area contributed by atoms with Gasteiger partial charge in [0, 0.05) is 41.2 Å². The Hall–Kier alpha value is -4.29. The zero-order chi connectivity index (χ0) is 48.1. The second-order valence-corrected chi connectivity index (χ2v) is 19.8. The minimum absolute atomic E-state index is 0.0321. The van der Waals surface area contributed by atoms with Gasteiger partial charge in [-0.2, -0.15) is 0 Å². The molecule has 17 heteroatoms. The molecule has 2 bridgehead atoms. The van der Waals surface area contributed by atoms with E-state index in [2.05, 4.69) is 12.2 Å². The smallest absolute Gasteiger partial charge is 0.378 e. The summed E-state index contributed by atoms with van der Waals surface area (Å²) in [4.78, 5) is 54.0. The summed E-state index contributed by atoms with van der Waals surface area (Å²) in [5.74, 6) is -7.23. The molecule has 4 N–H and O–H groups in total. The predicted octanol–water partition coefficient (Wildman–Crippen LogP) is 6.81. The van der Waals surface area contributed by atoms with Gasteiger partial charge >= 0.3 is 23.9 Å². The Morgan fingerprint density at radius 2 is 1.66 bits per heavy atom. The first-order chi connectivity index (χ1) is 31.9. The van der Waals surface area contributed by atoms with Crippen LogP contribution in [0, 0.1) is 47.8 Å². The Labute approximate surface area is 395 Å². The van der Waals surface area contributed by atoms with Gasteiger partial charge in [-0.15, -0.1) is 0 Å². The highest BCUT2D eigenvalue weighted by atomic mass is 35.5. The Morgan fingerprint density at radius 3 is 2.39 bits per heavy atom. The number of halogens is 1. The number of carbonyl (C=O) groups is 4. The molecule has 17 atom stereocenters. The molecule has 2 saturated heterocycles. The monoisotopic (exact) mass is 954 g/mol. The molecule has 16 nitrogen and oxygen atoms in total. The van der Waals surface area contributed by atoms with Gasteiger partial charge in [0.2, 0.25) is 0 Å². The van der Waals surface area contributed by atoms with E-state index in [9.17, 15) is 39.6 Å². The number of ether oxygens (including phenoxy) is 8. The molecule has 3 fully saturated rings. The van der Waals surface area contributed by atoms with Crippen LogP contribution in [0.2, 0.25) is 5.02 Å². The Balaban J connectivity index is 0.952. The molecule has 9 unspecified atom stereocenters. The average molecular weight is 955 g/mol.